The number of aryl methyl sites for hydroxylation is 1. The van der Waals surface area contributed by atoms with E-state index in [9.17, 15) is 0 Å². The fourth-order valence-electron chi connectivity index (χ4n) is 5.02. The Bertz CT molecular complexity index is 1120. The molecule has 2 atom stereocenters. The van der Waals surface area contributed by atoms with Gasteiger partial charge in [0.15, 0.2) is 0 Å². The maximum absolute atomic E-state index is 5.14. The minimum atomic E-state index is 0.703. The quantitative estimate of drug-likeness (QED) is 0.402. The van der Waals surface area contributed by atoms with Crippen LogP contribution in [-0.4, -0.2) is 9.38 Å². The van der Waals surface area contributed by atoms with Crippen molar-refractivity contribution in [3.05, 3.63) is 59.4 Å². The molecule has 112 valence electrons. The van der Waals surface area contributed by atoms with Crippen molar-refractivity contribution in [2.24, 2.45) is 0 Å². The van der Waals surface area contributed by atoms with E-state index in [-0.39, 0.29) is 0 Å². The van der Waals surface area contributed by atoms with E-state index in [4.69, 9.17) is 4.98 Å². The van der Waals surface area contributed by atoms with Gasteiger partial charge in [-0.05, 0) is 43.7 Å². The van der Waals surface area contributed by atoms with E-state index in [0.29, 0.717) is 5.92 Å². The lowest BCUT2D eigenvalue weighted by molar-refractivity contribution is 0.692. The molecule has 0 amide bonds. The topological polar surface area (TPSA) is 17.3 Å². The third kappa shape index (κ3) is 1.38. The molecule has 2 heteroatoms. The number of pyridine rings is 1. The molecule has 2 unspecified atom stereocenters. The zero-order valence-electron chi connectivity index (χ0n) is 13.2. The second kappa shape index (κ2) is 3.94. The monoisotopic (exact) mass is 298 g/mol. The predicted octanol–water partition coefficient (Wildman–Crippen LogP) is 5.31. The van der Waals surface area contributed by atoms with Crippen molar-refractivity contribution in [1.29, 1.82) is 0 Å². The highest BCUT2D eigenvalue weighted by molar-refractivity contribution is 6.12. The Morgan fingerprint density at radius 2 is 1.78 bits per heavy atom. The minimum Gasteiger partial charge on any atom is -0.296 e. The highest BCUT2D eigenvalue weighted by Crippen LogP contribution is 2.53. The molecule has 2 aliphatic rings. The summed E-state index contributed by atoms with van der Waals surface area (Å²) in [5.41, 5.74) is 6.71. The molecule has 1 saturated carbocycles. The molecule has 23 heavy (non-hydrogen) atoms. The normalized spacial score (nSPS) is 22.5. The minimum absolute atomic E-state index is 0.703. The third-order valence-electron chi connectivity index (χ3n) is 6.00. The Morgan fingerprint density at radius 1 is 0.957 bits per heavy atom. The summed E-state index contributed by atoms with van der Waals surface area (Å²) in [6.45, 7) is 2.18. The van der Waals surface area contributed by atoms with E-state index in [1.165, 1.54) is 63.5 Å². The van der Waals surface area contributed by atoms with E-state index in [2.05, 4.69) is 53.8 Å². The van der Waals surface area contributed by atoms with Crippen molar-refractivity contribution < 1.29 is 0 Å². The van der Waals surface area contributed by atoms with Crippen LogP contribution in [0.15, 0.2) is 42.5 Å². The first-order chi connectivity index (χ1) is 11.3. The van der Waals surface area contributed by atoms with Gasteiger partial charge in [-0.25, -0.2) is 4.98 Å². The Kier molecular flexibility index (Phi) is 2.08. The molecule has 0 aliphatic heterocycles. The second-order valence-corrected chi connectivity index (χ2v) is 7.31. The highest BCUT2D eigenvalue weighted by atomic mass is 15.1. The molecule has 2 bridgehead atoms. The van der Waals surface area contributed by atoms with Crippen LogP contribution in [0.4, 0.5) is 0 Å². The molecular weight excluding hydrogens is 280 g/mol. The van der Waals surface area contributed by atoms with E-state index in [0.717, 1.165) is 5.92 Å². The number of imidazole rings is 1. The first kappa shape index (κ1) is 12.1. The molecule has 4 aromatic rings. The lowest BCUT2D eigenvalue weighted by Crippen LogP contribution is -2.01. The van der Waals surface area contributed by atoms with Gasteiger partial charge in [0, 0.05) is 28.3 Å². The van der Waals surface area contributed by atoms with Gasteiger partial charge in [0.25, 0.3) is 0 Å². The van der Waals surface area contributed by atoms with Crippen LogP contribution in [0.3, 0.4) is 0 Å². The summed E-state index contributed by atoms with van der Waals surface area (Å²) < 4.78 is 2.48. The van der Waals surface area contributed by atoms with Crippen molar-refractivity contribution in [1.82, 2.24) is 9.38 Å². The Hall–Kier alpha value is -2.35. The lowest BCUT2D eigenvalue weighted by atomic mass is 10.0. The Balaban J connectivity index is 1.93. The summed E-state index contributed by atoms with van der Waals surface area (Å²) in [6, 6.07) is 15.6. The molecule has 0 spiro atoms. The van der Waals surface area contributed by atoms with Gasteiger partial charge in [-0.15, -0.1) is 0 Å². The van der Waals surface area contributed by atoms with E-state index < -0.39 is 0 Å². The molecule has 0 saturated heterocycles. The summed E-state index contributed by atoms with van der Waals surface area (Å²) >= 11 is 0. The number of aromatic nitrogens is 2. The Labute approximate surface area is 134 Å². The van der Waals surface area contributed by atoms with Crippen molar-refractivity contribution in [3.63, 3.8) is 0 Å². The maximum Gasteiger partial charge on any atom is 0.145 e. The molecule has 0 radical (unpaired) electrons. The average Bonchev–Trinajstić information content (AvgIpc) is 3.27. The van der Waals surface area contributed by atoms with Crippen molar-refractivity contribution in [2.75, 3.05) is 0 Å². The van der Waals surface area contributed by atoms with Gasteiger partial charge in [-0.3, -0.25) is 4.40 Å². The number of hydrogen-bond acceptors (Lipinski definition) is 1. The number of hydrogen-bond donors (Lipinski definition) is 0. The summed E-state index contributed by atoms with van der Waals surface area (Å²) in [5.74, 6) is 1.42. The highest BCUT2D eigenvalue weighted by Gasteiger charge is 2.41. The molecule has 2 heterocycles. The molecule has 6 rings (SSSR count). The SMILES string of the molecule is Cc1ccc2c(c1)c1ccccc1c1nc3c(n21)C1CCC3C1. The zero-order chi connectivity index (χ0) is 15.1. The lowest BCUT2D eigenvalue weighted by Gasteiger charge is -2.14. The molecule has 1 fully saturated rings. The molecule has 2 nitrogen and oxygen atoms in total. The van der Waals surface area contributed by atoms with Crippen LogP contribution in [-0.2, 0) is 0 Å². The van der Waals surface area contributed by atoms with Crippen LogP contribution in [0.5, 0.6) is 0 Å². The van der Waals surface area contributed by atoms with Crippen LogP contribution < -0.4 is 0 Å². The largest absolute Gasteiger partial charge is 0.296 e. The summed E-state index contributed by atoms with van der Waals surface area (Å²) in [7, 11) is 0. The summed E-state index contributed by atoms with van der Waals surface area (Å²) in [5, 5.41) is 3.98. The number of benzene rings is 2. The number of fused-ring (bicyclic) bond motifs is 12. The van der Waals surface area contributed by atoms with Gasteiger partial charge in [0.2, 0.25) is 0 Å². The number of rotatable bonds is 0. The first-order valence-electron chi connectivity index (χ1n) is 8.64. The van der Waals surface area contributed by atoms with Crippen LogP contribution in [0.25, 0.3) is 27.3 Å². The van der Waals surface area contributed by atoms with Crippen LogP contribution in [0.1, 0.15) is 48.0 Å². The van der Waals surface area contributed by atoms with E-state index >= 15 is 0 Å². The van der Waals surface area contributed by atoms with Gasteiger partial charge in [-0.2, -0.15) is 0 Å². The standard InChI is InChI=1S/C21H18N2/c1-12-6-9-18-17(10-12)15-4-2-3-5-16(15)21-22-19-13-7-8-14(11-13)20(19)23(18)21/h2-6,9-10,13-14H,7-8,11H2,1H3. The van der Waals surface area contributed by atoms with Gasteiger partial charge < -0.3 is 0 Å². The zero-order valence-corrected chi connectivity index (χ0v) is 13.2. The molecule has 0 N–H and O–H groups in total. The van der Waals surface area contributed by atoms with Crippen molar-refractivity contribution >= 4 is 27.3 Å². The number of nitrogens with zero attached hydrogens (tertiary/aromatic N) is 2. The average molecular weight is 298 g/mol. The van der Waals surface area contributed by atoms with Gasteiger partial charge >= 0.3 is 0 Å². The first-order valence-corrected chi connectivity index (χ1v) is 8.64. The van der Waals surface area contributed by atoms with Crippen molar-refractivity contribution in [2.45, 2.75) is 38.0 Å². The Morgan fingerprint density at radius 3 is 2.70 bits per heavy atom. The fraction of sp³-hybridized carbons (Fsp3) is 0.286. The second-order valence-electron chi connectivity index (χ2n) is 7.31. The van der Waals surface area contributed by atoms with Crippen LogP contribution in [0, 0.1) is 6.92 Å². The van der Waals surface area contributed by atoms with Crippen molar-refractivity contribution in [3.8, 4) is 0 Å². The van der Waals surface area contributed by atoms with Gasteiger partial charge in [-0.1, -0.05) is 35.9 Å². The van der Waals surface area contributed by atoms with Gasteiger partial charge in [0.1, 0.15) is 5.65 Å². The van der Waals surface area contributed by atoms with Gasteiger partial charge in [0.05, 0.1) is 11.2 Å². The smallest absolute Gasteiger partial charge is 0.145 e. The molecule has 2 aromatic heterocycles. The third-order valence-corrected chi connectivity index (χ3v) is 6.00. The molecule has 2 aromatic carbocycles. The van der Waals surface area contributed by atoms with Crippen LogP contribution in [0.2, 0.25) is 0 Å². The summed E-state index contributed by atoms with van der Waals surface area (Å²) in [4.78, 5) is 5.14. The molecular formula is C21H18N2. The predicted molar refractivity (Wildman–Crippen MR) is 94.3 cm³/mol. The van der Waals surface area contributed by atoms with Crippen LogP contribution >= 0.6 is 0 Å². The fourth-order valence-corrected chi connectivity index (χ4v) is 5.02. The van der Waals surface area contributed by atoms with E-state index in [1.54, 1.807) is 0 Å². The maximum atomic E-state index is 5.14. The molecule has 2 aliphatic carbocycles. The van der Waals surface area contributed by atoms with E-state index in [1.807, 2.05) is 0 Å². The summed E-state index contributed by atoms with van der Waals surface area (Å²) in [6.07, 6.45) is 3.99.